The summed E-state index contributed by atoms with van der Waals surface area (Å²) in [5.41, 5.74) is -3.09. The van der Waals surface area contributed by atoms with Gasteiger partial charge >= 0.3 is 15.6 Å². The summed E-state index contributed by atoms with van der Waals surface area (Å²) in [5.74, 6) is -2.70. The second-order valence-corrected chi connectivity index (χ2v) is 37.0. The van der Waals surface area contributed by atoms with Crippen LogP contribution in [0.15, 0.2) is 0 Å². The third kappa shape index (κ3) is 37.5. The maximum atomic E-state index is 14.1. The van der Waals surface area contributed by atoms with Crippen LogP contribution in [0.25, 0.3) is 0 Å². The van der Waals surface area contributed by atoms with E-state index < -0.39 is 175 Å². The average molecular weight is 1840 g/mol. The summed E-state index contributed by atoms with van der Waals surface area (Å²) < 4.78 is 90.9. The first-order valence-electron chi connectivity index (χ1n) is 44.5. The van der Waals surface area contributed by atoms with E-state index in [1.165, 1.54) is 20.8 Å². The SMILES string of the molecule is CCOCC1(COP(=O)(O)OCC2(COP(=O)(O)OCC3(CO)CCN(C(=O)CCCCCNC(=O)CCCCO[C@@H]4O[C@H](CO)[C@H](O)[C@H](O)[C@H]4NC(C)=O)CC3)CCN(C(=O)CCCCCNC(=O)CCCCO[C@@H]3O[C@H](CO)[C@H](C)[C@H](O)[C@H]3NC(C)=O)CC2)CCN(C(=O)CCCCCNC(=O)CCCCO[C@@H]2O[C@H](CO)[C@H](O)[C@H](O)[C@H]2NC(C)=O)CC1. The first-order chi connectivity index (χ1) is 59.6. The van der Waals surface area contributed by atoms with Crippen molar-refractivity contribution in [3.63, 3.8) is 0 Å². The van der Waals surface area contributed by atoms with E-state index in [9.17, 15) is 108 Å². The molecule has 6 aliphatic heterocycles. The standard InChI is InChI=1S/C81H145N9O33P2/c1-6-113-50-80(30-39-89(40-31-80)66(102)26-11-8-17-35-84-64(100)24-15-21-45-116-78-70(87-58(5)97)75(108)73(106)61(48-93)123-78)52-118-125(111,112)120-54-81(32-41-90(42-33-81)67(103)27-12-9-18-36-82-62(98)22-13-19-43-114-76-68(85-56(3)95)71(104)55(2)59(46-91)121-76)53-119-124(109,110)117-51-79(49-94)28-37-88(38-29-79)65(101)25-10-7-16-34-83-63(99)23-14-20-44-115-77-69(86-57(4)96)74(107)72(105)60(47-92)122-77/h55,59-61,68-78,91-94,104-108H,6-54H2,1-5H3,(H,82,98)(H,83,99)(H,84,100)(H,85,95)(H,86,96)(H,87,97)(H,109,110)(H,111,112)/t55-,59+,60+,61+,68+,69+,70+,71-,72-,73-,74+,75+,76+,77+,78+/m0/s1. The minimum atomic E-state index is -4.96. The Labute approximate surface area is 732 Å². The number of hydrogen-bond acceptors (Lipinski definition) is 31. The van der Waals surface area contributed by atoms with Crippen LogP contribution in [0.3, 0.4) is 0 Å². The molecule has 17 atom stereocenters. The Bertz CT molecular complexity index is 3360. The number of likely N-dealkylation sites (tertiary alicyclic amines) is 3. The Balaban J connectivity index is 0.926. The van der Waals surface area contributed by atoms with Crippen molar-refractivity contribution in [1.29, 1.82) is 0 Å². The van der Waals surface area contributed by atoms with E-state index in [-0.39, 0.29) is 171 Å². The van der Waals surface area contributed by atoms with E-state index in [1.807, 2.05) is 0 Å². The van der Waals surface area contributed by atoms with Gasteiger partial charge in [0.15, 0.2) is 18.9 Å². The Hall–Kier alpha value is -5.19. The van der Waals surface area contributed by atoms with Crippen molar-refractivity contribution in [2.45, 2.75) is 294 Å². The van der Waals surface area contributed by atoms with Gasteiger partial charge in [0.2, 0.25) is 53.2 Å². The van der Waals surface area contributed by atoms with Gasteiger partial charge in [-0.2, -0.15) is 0 Å². The molecule has 722 valence electrons. The highest BCUT2D eigenvalue weighted by molar-refractivity contribution is 7.47. The Morgan fingerprint density at radius 3 is 0.976 bits per heavy atom. The quantitative estimate of drug-likeness (QED) is 0.0277. The van der Waals surface area contributed by atoms with Crippen molar-refractivity contribution in [1.82, 2.24) is 46.6 Å². The van der Waals surface area contributed by atoms with Gasteiger partial charge in [-0.3, -0.25) is 61.2 Å². The van der Waals surface area contributed by atoms with Crippen molar-refractivity contribution >= 4 is 68.8 Å². The minimum absolute atomic E-state index is 0.0757. The zero-order valence-corrected chi connectivity index (χ0v) is 75.2. The smallest absolute Gasteiger partial charge is 0.396 e. The zero-order chi connectivity index (χ0) is 91.8. The van der Waals surface area contributed by atoms with Crippen LogP contribution in [-0.2, 0) is 104 Å². The lowest BCUT2D eigenvalue weighted by Crippen LogP contribution is -2.64. The van der Waals surface area contributed by atoms with Gasteiger partial charge in [-0.05, 0) is 122 Å². The fraction of sp³-hybridized carbons (Fsp3) is 0.889. The summed E-state index contributed by atoms with van der Waals surface area (Å²) in [6, 6.07) is -2.99. The predicted molar refractivity (Wildman–Crippen MR) is 445 cm³/mol. The van der Waals surface area contributed by atoms with Crippen LogP contribution in [0.2, 0.25) is 0 Å². The van der Waals surface area contributed by atoms with E-state index in [0.29, 0.717) is 148 Å². The van der Waals surface area contributed by atoms with Crippen LogP contribution in [0.1, 0.15) is 208 Å². The Morgan fingerprint density at radius 1 is 0.384 bits per heavy atom. The highest BCUT2D eigenvalue weighted by Crippen LogP contribution is 2.52. The topological polar surface area (TPSA) is 594 Å². The molecule has 6 fully saturated rings. The zero-order valence-electron chi connectivity index (χ0n) is 73.4. The molecule has 0 aromatic carbocycles. The predicted octanol–water partition coefficient (Wildman–Crippen LogP) is -0.194. The van der Waals surface area contributed by atoms with Gasteiger partial charge in [-0.15, -0.1) is 0 Å². The largest absolute Gasteiger partial charge is 0.472 e. The van der Waals surface area contributed by atoms with Crippen molar-refractivity contribution in [3.05, 3.63) is 0 Å². The molecular weight excluding hydrogens is 1690 g/mol. The molecule has 0 radical (unpaired) electrons. The number of unbranched alkanes of at least 4 members (excludes halogenated alkanes) is 9. The van der Waals surface area contributed by atoms with Crippen molar-refractivity contribution < 1.29 is 159 Å². The fourth-order valence-corrected chi connectivity index (χ4v) is 17.8. The molecule has 0 aromatic rings. The molecule has 0 bridgehead atoms. The number of amides is 9. The van der Waals surface area contributed by atoms with Gasteiger partial charge in [0.25, 0.3) is 0 Å². The molecule has 0 aromatic heterocycles. The first-order valence-corrected chi connectivity index (χ1v) is 47.5. The molecule has 42 nitrogen and oxygen atoms in total. The number of ether oxygens (including phenoxy) is 7. The molecule has 0 saturated carbocycles. The van der Waals surface area contributed by atoms with Crippen LogP contribution in [0, 0.1) is 22.2 Å². The number of nitrogens with zero attached hydrogens (tertiary/aromatic N) is 3. The first kappa shape index (κ1) is 109. The third-order valence-corrected chi connectivity index (χ3v) is 26.0. The normalized spacial score (nSPS) is 27.1. The number of nitrogens with one attached hydrogen (secondary N) is 6. The fourth-order valence-electron chi connectivity index (χ4n) is 15.9. The summed E-state index contributed by atoms with van der Waals surface area (Å²) in [7, 11) is -9.89. The number of carbonyl (C=O) groups is 9. The molecule has 6 aliphatic rings. The summed E-state index contributed by atoms with van der Waals surface area (Å²) in [6.45, 7) is 6.87. The van der Waals surface area contributed by atoms with Crippen LogP contribution in [0.4, 0.5) is 0 Å². The van der Waals surface area contributed by atoms with Crippen LogP contribution < -0.4 is 31.9 Å². The number of aliphatic hydroxyl groups is 9. The molecule has 0 spiro atoms. The minimum Gasteiger partial charge on any atom is -0.396 e. The highest BCUT2D eigenvalue weighted by atomic mass is 31.2. The Morgan fingerprint density at radius 2 is 0.672 bits per heavy atom. The molecule has 6 rings (SSSR count). The molecule has 0 aliphatic carbocycles. The van der Waals surface area contributed by atoms with Gasteiger partial charge in [0, 0.05) is 167 Å². The number of phosphoric ester groups is 2. The molecule has 44 heteroatoms. The van der Waals surface area contributed by atoms with Crippen molar-refractivity contribution in [2.24, 2.45) is 22.2 Å². The number of hydrogen-bond donors (Lipinski definition) is 17. The van der Waals surface area contributed by atoms with Gasteiger partial charge < -0.3 is 136 Å². The maximum absolute atomic E-state index is 14.1. The van der Waals surface area contributed by atoms with Crippen molar-refractivity contribution in [3.8, 4) is 0 Å². The lowest BCUT2D eigenvalue weighted by Gasteiger charge is -2.43. The van der Waals surface area contributed by atoms with Crippen molar-refractivity contribution in [2.75, 3.05) is 145 Å². The number of piperidine rings is 3. The third-order valence-electron chi connectivity index (χ3n) is 24.2. The van der Waals surface area contributed by atoms with E-state index in [2.05, 4.69) is 31.9 Å². The maximum Gasteiger partial charge on any atom is 0.472 e. The molecule has 2 unspecified atom stereocenters. The number of rotatable bonds is 58. The summed E-state index contributed by atoms with van der Waals surface area (Å²) in [5, 5.41) is 108. The lowest BCUT2D eigenvalue weighted by atomic mass is 9.80. The van der Waals surface area contributed by atoms with E-state index >= 15 is 0 Å². The molecule has 125 heavy (non-hydrogen) atoms. The van der Waals surface area contributed by atoms with Crippen LogP contribution >= 0.6 is 15.6 Å². The molecular formula is C81H145N9O33P2. The van der Waals surface area contributed by atoms with Crippen LogP contribution in [-0.4, -0.2) is 354 Å². The number of carbonyl (C=O) groups excluding carboxylic acids is 9. The van der Waals surface area contributed by atoms with Gasteiger partial charge in [0.1, 0.15) is 54.7 Å². The second kappa shape index (κ2) is 55.9. The van der Waals surface area contributed by atoms with Crippen LogP contribution in [0.5, 0.6) is 0 Å². The highest BCUT2D eigenvalue weighted by Gasteiger charge is 2.50. The molecule has 17 N–H and O–H groups in total. The summed E-state index contributed by atoms with van der Waals surface area (Å²) in [6.07, 6.45) is -2.33. The number of phosphoric acid groups is 2. The summed E-state index contributed by atoms with van der Waals surface area (Å²) >= 11 is 0. The van der Waals surface area contributed by atoms with Gasteiger partial charge in [-0.1, -0.05) is 26.2 Å². The molecule has 6 saturated heterocycles. The average Bonchev–Trinajstić information content (AvgIpc) is 0.832. The van der Waals surface area contributed by atoms with E-state index in [1.54, 1.807) is 28.5 Å². The van der Waals surface area contributed by atoms with E-state index in [0.717, 1.165) is 0 Å². The lowest BCUT2D eigenvalue weighted by molar-refractivity contribution is -0.270. The molecule has 9 amide bonds. The molecule has 6 heterocycles. The summed E-state index contributed by atoms with van der Waals surface area (Å²) in [4.78, 5) is 142. The van der Waals surface area contributed by atoms with Gasteiger partial charge in [0.05, 0.1) is 71.7 Å². The van der Waals surface area contributed by atoms with E-state index in [4.69, 9.17) is 51.3 Å². The second-order valence-electron chi connectivity index (χ2n) is 34.1. The Kier molecular flexibility index (Phi) is 48.5. The monoisotopic (exact) mass is 1830 g/mol. The van der Waals surface area contributed by atoms with Gasteiger partial charge in [-0.25, -0.2) is 9.13 Å². The number of aliphatic hydroxyl groups excluding tert-OH is 9.